The molecule has 2 amide bonds. The van der Waals surface area contributed by atoms with Crippen molar-refractivity contribution >= 4 is 30.1 Å². The smallest absolute Gasteiger partial charge is 0.402 e. The second-order valence-corrected chi connectivity index (χ2v) is 6.36. The molecule has 1 atom stereocenters. The summed E-state index contributed by atoms with van der Waals surface area (Å²) in [4.78, 5) is 19.2. The van der Waals surface area contributed by atoms with Crippen molar-refractivity contribution in [1.29, 1.82) is 0 Å². The third kappa shape index (κ3) is 11.3. The fourth-order valence-corrected chi connectivity index (χ4v) is 2.18. The van der Waals surface area contributed by atoms with Crippen LogP contribution in [0.5, 0.6) is 0 Å². The molecular formula is C5H13N2O5PS. The first kappa shape index (κ1) is 15.7. The van der Waals surface area contributed by atoms with Crippen molar-refractivity contribution in [3.05, 3.63) is 0 Å². The number of amides is 2. The van der Waals surface area contributed by atoms with Crippen molar-refractivity contribution in [3.8, 4) is 0 Å². The minimum Gasteiger partial charge on any atom is -0.465 e. The van der Waals surface area contributed by atoms with Gasteiger partial charge in [0.1, 0.15) is 0 Å². The molecule has 0 aromatic rings. The molecule has 0 aliphatic rings. The fraction of sp³-hybridized carbons (Fsp3) is 0.600. The van der Waals surface area contributed by atoms with Crippen LogP contribution in [-0.4, -0.2) is 30.5 Å². The third-order valence-electron chi connectivity index (χ3n) is 0.775. The number of carbonyl (C=O) groups is 2. The molecule has 7 nitrogen and oxygen atoms in total. The van der Waals surface area contributed by atoms with E-state index in [1.54, 1.807) is 6.26 Å². The summed E-state index contributed by atoms with van der Waals surface area (Å²) < 4.78 is 15.8. The van der Waals surface area contributed by atoms with Gasteiger partial charge < -0.3 is 15.4 Å². The van der Waals surface area contributed by atoms with Gasteiger partial charge in [0.05, 0.1) is 0 Å². The Morgan fingerprint density at radius 1 is 1.57 bits per heavy atom. The van der Waals surface area contributed by atoms with Gasteiger partial charge in [-0.3, -0.25) is 14.4 Å². The number of carboxylic acid groups (broad SMARTS) is 1. The van der Waals surface area contributed by atoms with Crippen molar-refractivity contribution in [3.63, 3.8) is 0 Å². The van der Waals surface area contributed by atoms with Crippen LogP contribution in [-0.2, 0) is 13.9 Å². The molecular weight excluding hydrogens is 231 g/mol. The lowest BCUT2D eigenvalue weighted by molar-refractivity contribution is -0.117. The van der Waals surface area contributed by atoms with Gasteiger partial charge in [0.25, 0.3) is 0 Å². The summed E-state index contributed by atoms with van der Waals surface area (Å²) >= 11 is 1.00. The Bertz CT molecular complexity index is 234. The molecule has 0 aliphatic carbocycles. The minimum absolute atomic E-state index is 0.348. The van der Waals surface area contributed by atoms with Crippen LogP contribution < -0.4 is 10.8 Å². The monoisotopic (exact) mass is 244 g/mol. The Kier molecular flexibility index (Phi) is 8.61. The van der Waals surface area contributed by atoms with E-state index < -0.39 is 12.8 Å². The van der Waals surface area contributed by atoms with E-state index in [0.29, 0.717) is 0 Å². The predicted octanol–water partition coefficient (Wildman–Crippen LogP) is 0.863. The lowest BCUT2D eigenvalue weighted by Gasteiger charge is -2.11. The van der Waals surface area contributed by atoms with Crippen molar-refractivity contribution in [2.75, 3.05) is 13.4 Å². The molecule has 0 saturated carbocycles. The first-order chi connectivity index (χ1) is 6.27. The Morgan fingerprint density at radius 2 is 1.93 bits per heavy atom. The Hall–Kier alpha value is -0.720. The van der Waals surface area contributed by atoms with Gasteiger partial charge in [0.15, 0.2) is 0 Å². The highest BCUT2D eigenvalue weighted by molar-refractivity contribution is 8.55. The predicted molar refractivity (Wildman–Crippen MR) is 54.2 cm³/mol. The first-order valence-electron chi connectivity index (χ1n) is 3.26. The van der Waals surface area contributed by atoms with Crippen LogP contribution in [0.1, 0.15) is 6.92 Å². The molecule has 4 N–H and O–H groups in total. The van der Waals surface area contributed by atoms with Gasteiger partial charge in [0, 0.05) is 14.0 Å². The zero-order chi connectivity index (χ0) is 11.8. The molecule has 0 radical (unpaired) electrons. The van der Waals surface area contributed by atoms with Crippen molar-refractivity contribution in [2.24, 2.45) is 5.73 Å². The lowest BCUT2D eigenvalue weighted by atomic mass is 10.8. The molecule has 0 rings (SSSR count). The normalized spacial score (nSPS) is 13.1. The molecule has 0 fully saturated rings. The van der Waals surface area contributed by atoms with Crippen LogP contribution in [0.4, 0.5) is 4.79 Å². The summed E-state index contributed by atoms with van der Waals surface area (Å²) in [5.74, 6) is -0.348. The number of rotatable bonds is 3. The van der Waals surface area contributed by atoms with Crippen molar-refractivity contribution in [2.45, 2.75) is 6.92 Å². The summed E-state index contributed by atoms with van der Waals surface area (Å²) in [5, 5.41) is 9.41. The average Bonchev–Trinajstić information content (AvgIpc) is 2.02. The zero-order valence-corrected chi connectivity index (χ0v) is 9.72. The minimum atomic E-state index is -2.92. The highest BCUT2D eigenvalue weighted by Crippen LogP contribution is 2.53. The van der Waals surface area contributed by atoms with E-state index in [1.165, 1.54) is 14.0 Å². The van der Waals surface area contributed by atoms with Gasteiger partial charge >= 0.3 is 12.8 Å². The van der Waals surface area contributed by atoms with Crippen LogP contribution in [0, 0.1) is 0 Å². The van der Waals surface area contributed by atoms with Crippen LogP contribution in [0.3, 0.4) is 0 Å². The SMILES string of the molecule is COP(=O)(NC(C)=O)SC.NC(=O)O. The van der Waals surface area contributed by atoms with Crippen molar-refractivity contribution < 1.29 is 23.8 Å². The van der Waals surface area contributed by atoms with Gasteiger partial charge in [-0.25, -0.2) is 4.79 Å². The van der Waals surface area contributed by atoms with E-state index >= 15 is 0 Å². The molecule has 0 heterocycles. The topological polar surface area (TPSA) is 119 Å². The Morgan fingerprint density at radius 3 is 2.00 bits per heavy atom. The molecule has 0 spiro atoms. The van der Waals surface area contributed by atoms with E-state index in [-0.39, 0.29) is 5.91 Å². The van der Waals surface area contributed by atoms with E-state index in [1.807, 2.05) is 0 Å². The van der Waals surface area contributed by atoms with Crippen LogP contribution in [0.15, 0.2) is 0 Å². The Labute approximate surface area is 85.6 Å². The largest absolute Gasteiger partial charge is 0.465 e. The van der Waals surface area contributed by atoms with Gasteiger partial charge in [0.2, 0.25) is 5.91 Å². The molecule has 84 valence electrons. The van der Waals surface area contributed by atoms with Crippen LogP contribution in [0.25, 0.3) is 0 Å². The second kappa shape index (κ2) is 7.66. The maximum atomic E-state index is 11.2. The van der Waals surface area contributed by atoms with Crippen LogP contribution in [0.2, 0.25) is 0 Å². The number of hydrogen-bond donors (Lipinski definition) is 3. The first-order valence-corrected chi connectivity index (χ1v) is 6.71. The van der Waals surface area contributed by atoms with Gasteiger partial charge in [-0.1, -0.05) is 11.4 Å². The average molecular weight is 244 g/mol. The maximum absolute atomic E-state index is 11.2. The highest BCUT2D eigenvalue weighted by atomic mass is 32.7. The summed E-state index contributed by atoms with van der Waals surface area (Å²) in [5.41, 5.74) is 4.03. The molecule has 0 aromatic heterocycles. The summed E-state index contributed by atoms with van der Waals surface area (Å²) in [7, 11) is 1.30. The second-order valence-electron chi connectivity index (χ2n) is 1.87. The van der Waals surface area contributed by atoms with Gasteiger partial charge in [-0.2, -0.15) is 0 Å². The maximum Gasteiger partial charge on any atom is 0.402 e. The van der Waals surface area contributed by atoms with E-state index in [9.17, 15) is 9.36 Å². The number of nitrogens with one attached hydrogen (secondary N) is 1. The van der Waals surface area contributed by atoms with E-state index in [2.05, 4.69) is 15.3 Å². The van der Waals surface area contributed by atoms with E-state index in [4.69, 9.17) is 9.90 Å². The summed E-state index contributed by atoms with van der Waals surface area (Å²) in [6, 6.07) is 0. The number of primary amides is 1. The third-order valence-corrected chi connectivity index (χ3v) is 4.49. The molecule has 0 aromatic carbocycles. The molecule has 0 aliphatic heterocycles. The van der Waals surface area contributed by atoms with Crippen LogP contribution >= 0.6 is 18.1 Å². The standard InChI is InChI=1S/C4H10NO3PS.CH3NO2/c1-4(6)5-9(7,8-2)10-3;2-1(3)4/h1-3H3,(H,5,6,7);2H2,(H,3,4). The lowest BCUT2D eigenvalue weighted by Crippen LogP contribution is -2.15. The zero-order valence-electron chi connectivity index (χ0n) is 8.01. The summed E-state index contributed by atoms with van der Waals surface area (Å²) in [6.45, 7) is -1.63. The fourth-order valence-electron chi connectivity index (χ4n) is 0.359. The van der Waals surface area contributed by atoms with Crippen molar-refractivity contribution in [1.82, 2.24) is 5.09 Å². The van der Waals surface area contributed by atoms with Gasteiger partial charge in [-0.05, 0) is 6.26 Å². The number of nitrogens with two attached hydrogens (primary N) is 1. The number of carbonyl (C=O) groups excluding carboxylic acids is 1. The molecule has 0 bridgehead atoms. The Balaban J connectivity index is 0. The van der Waals surface area contributed by atoms with Gasteiger partial charge in [-0.15, -0.1) is 0 Å². The highest BCUT2D eigenvalue weighted by Gasteiger charge is 2.20. The summed E-state index contributed by atoms with van der Waals surface area (Å²) in [6.07, 6.45) is 0.278. The quantitative estimate of drug-likeness (QED) is 0.633. The molecule has 1 unspecified atom stereocenters. The molecule has 0 saturated heterocycles. The molecule has 9 heteroatoms. The van der Waals surface area contributed by atoms with E-state index in [0.717, 1.165) is 11.4 Å². The number of hydrogen-bond acceptors (Lipinski definition) is 5. The molecule has 14 heavy (non-hydrogen) atoms.